The van der Waals surface area contributed by atoms with E-state index in [-0.39, 0.29) is 11.3 Å². The molecule has 0 radical (unpaired) electrons. The molecule has 10 nitrogen and oxygen atoms in total. The molecule has 1 saturated heterocycles. The molecule has 4 aromatic rings. The SMILES string of the molecule is O=C(N[C@@H](Cc1ccc(NS(=O)(=O)c2ccccc2)cc1)C(=O)O)C1CCCN1C(=O)Nc1ccccc1-c1ccccc1. The Morgan fingerprint density at radius 3 is 2.16 bits per heavy atom. The summed E-state index contributed by atoms with van der Waals surface area (Å²) in [6.45, 7) is 0.357. The lowest BCUT2D eigenvalue weighted by Gasteiger charge is -2.26. The van der Waals surface area contributed by atoms with E-state index in [0.29, 0.717) is 36.3 Å². The van der Waals surface area contributed by atoms with Gasteiger partial charge in [0.1, 0.15) is 12.1 Å². The summed E-state index contributed by atoms with van der Waals surface area (Å²) in [4.78, 5) is 40.2. The van der Waals surface area contributed by atoms with Gasteiger partial charge in [0.25, 0.3) is 10.0 Å². The Labute approximate surface area is 255 Å². The normalized spacial score (nSPS) is 15.3. The molecule has 11 heteroatoms. The number of hydrogen-bond acceptors (Lipinski definition) is 5. The van der Waals surface area contributed by atoms with E-state index in [4.69, 9.17) is 0 Å². The molecule has 0 aromatic heterocycles. The number of sulfonamides is 1. The van der Waals surface area contributed by atoms with Crippen molar-refractivity contribution in [2.45, 2.75) is 36.2 Å². The Balaban J connectivity index is 1.22. The molecule has 0 bridgehead atoms. The topological polar surface area (TPSA) is 145 Å². The van der Waals surface area contributed by atoms with Gasteiger partial charge in [-0.3, -0.25) is 9.52 Å². The maximum Gasteiger partial charge on any atom is 0.326 e. The minimum atomic E-state index is -3.78. The van der Waals surface area contributed by atoms with E-state index in [9.17, 15) is 27.9 Å². The minimum Gasteiger partial charge on any atom is -0.480 e. The number of anilines is 2. The Bertz CT molecular complexity index is 1730. The van der Waals surface area contributed by atoms with E-state index in [0.717, 1.165) is 11.1 Å². The van der Waals surface area contributed by atoms with E-state index in [2.05, 4.69) is 15.4 Å². The zero-order chi connectivity index (χ0) is 31.1. The summed E-state index contributed by atoms with van der Waals surface area (Å²) >= 11 is 0. The van der Waals surface area contributed by atoms with Gasteiger partial charge < -0.3 is 20.6 Å². The average molecular weight is 613 g/mol. The highest BCUT2D eigenvalue weighted by molar-refractivity contribution is 7.92. The quantitative estimate of drug-likeness (QED) is 0.199. The van der Waals surface area contributed by atoms with Gasteiger partial charge in [-0.15, -0.1) is 0 Å². The molecule has 3 amide bonds. The predicted molar refractivity (Wildman–Crippen MR) is 168 cm³/mol. The zero-order valence-corrected chi connectivity index (χ0v) is 24.5. The monoisotopic (exact) mass is 612 g/mol. The number of benzene rings is 4. The van der Waals surface area contributed by atoms with Crippen LogP contribution in [-0.4, -0.2) is 55.0 Å². The first-order valence-corrected chi connectivity index (χ1v) is 15.6. The second-order valence-electron chi connectivity index (χ2n) is 10.4. The van der Waals surface area contributed by atoms with Crippen LogP contribution in [0.25, 0.3) is 11.1 Å². The number of carboxylic acid groups (broad SMARTS) is 1. The number of carboxylic acids is 1. The lowest BCUT2D eigenvalue weighted by Crippen LogP contribution is -2.52. The molecule has 1 aliphatic heterocycles. The molecule has 0 spiro atoms. The molecular weight excluding hydrogens is 580 g/mol. The van der Waals surface area contributed by atoms with Gasteiger partial charge in [0.2, 0.25) is 5.91 Å². The van der Waals surface area contributed by atoms with Gasteiger partial charge in [-0.25, -0.2) is 18.0 Å². The van der Waals surface area contributed by atoms with Crippen molar-refractivity contribution >= 4 is 39.3 Å². The van der Waals surface area contributed by atoms with E-state index in [1.807, 2.05) is 48.5 Å². The summed E-state index contributed by atoms with van der Waals surface area (Å²) in [5.41, 5.74) is 3.28. The predicted octanol–water partition coefficient (Wildman–Crippen LogP) is 4.96. The molecule has 1 unspecified atom stereocenters. The van der Waals surface area contributed by atoms with Gasteiger partial charge in [-0.1, -0.05) is 78.9 Å². The zero-order valence-electron chi connectivity index (χ0n) is 23.7. The van der Waals surface area contributed by atoms with Gasteiger partial charge in [-0.05, 0) is 54.3 Å². The molecule has 1 aliphatic rings. The number of nitrogens with zero attached hydrogens (tertiary/aromatic N) is 1. The maximum atomic E-state index is 13.3. The van der Waals surface area contributed by atoms with E-state index < -0.39 is 40.0 Å². The van der Waals surface area contributed by atoms with Gasteiger partial charge in [0.15, 0.2) is 0 Å². The molecule has 0 aliphatic carbocycles. The third kappa shape index (κ3) is 7.24. The molecule has 2 atom stereocenters. The fraction of sp³-hybridized carbons (Fsp3) is 0.182. The van der Waals surface area contributed by atoms with Gasteiger partial charge >= 0.3 is 12.0 Å². The molecule has 4 aromatic carbocycles. The molecule has 1 heterocycles. The van der Waals surface area contributed by atoms with Crippen molar-refractivity contribution in [2.24, 2.45) is 0 Å². The summed E-state index contributed by atoms with van der Waals surface area (Å²) in [6.07, 6.45) is 0.974. The van der Waals surface area contributed by atoms with Crippen LogP contribution < -0.4 is 15.4 Å². The molecule has 5 rings (SSSR count). The third-order valence-electron chi connectivity index (χ3n) is 7.38. The van der Waals surface area contributed by atoms with Crippen LogP contribution in [-0.2, 0) is 26.0 Å². The highest BCUT2D eigenvalue weighted by Gasteiger charge is 2.36. The van der Waals surface area contributed by atoms with Crippen molar-refractivity contribution in [3.63, 3.8) is 0 Å². The van der Waals surface area contributed by atoms with Crippen molar-refractivity contribution in [1.29, 1.82) is 0 Å². The second kappa shape index (κ2) is 13.4. The van der Waals surface area contributed by atoms with Crippen molar-refractivity contribution in [3.05, 3.63) is 115 Å². The van der Waals surface area contributed by atoms with Crippen LogP contribution in [0.15, 0.2) is 114 Å². The van der Waals surface area contributed by atoms with Crippen molar-refractivity contribution in [3.8, 4) is 11.1 Å². The molecule has 44 heavy (non-hydrogen) atoms. The van der Waals surface area contributed by atoms with Crippen molar-refractivity contribution in [2.75, 3.05) is 16.6 Å². The molecular formula is C33H32N4O6S. The largest absolute Gasteiger partial charge is 0.480 e. The lowest BCUT2D eigenvalue weighted by molar-refractivity contribution is -0.142. The number of amides is 3. The number of aliphatic carboxylic acids is 1. The Hall–Kier alpha value is -5.16. The van der Waals surface area contributed by atoms with Crippen LogP contribution in [0.2, 0.25) is 0 Å². The maximum absolute atomic E-state index is 13.3. The van der Waals surface area contributed by atoms with E-state index >= 15 is 0 Å². The summed E-state index contributed by atoms with van der Waals surface area (Å²) in [5, 5.41) is 15.4. The average Bonchev–Trinajstić information content (AvgIpc) is 3.53. The Kier molecular flexibility index (Phi) is 9.25. The van der Waals surface area contributed by atoms with Crippen LogP contribution in [0.5, 0.6) is 0 Å². The number of nitrogens with one attached hydrogen (secondary N) is 3. The minimum absolute atomic E-state index is 0.0316. The highest BCUT2D eigenvalue weighted by Crippen LogP contribution is 2.29. The van der Waals surface area contributed by atoms with Crippen LogP contribution in [0, 0.1) is 0 Å². The summed E-state index contributed by atoms with van der Waals surface area (Å²) in [5.74, 6) is -1.77. The summed E-state index contributed by atoms with van der Waals surface area (Å²) < 4.78 is 27.7. The fourth-order valence-electron chi connectivity index (χ4n) is 5.16. The summed E-state index contributed by atoms with van der Waals surface area (Å²) in [6, 6.07) is 28.7. The number of likely N-dealkylation sites (tertiary alicyclic amines) is 1. The highest BCUT2D eigenvalue weighted by atomic mass is 32.2. The molecule has 4 N–H and O–H groups in total. The standard InChI is InChI=1S/C33H32N4O6S/c38-31(30-16-9-21-37(30)33(41)35-28-15-8-7-14-27(28)24-10-3-1-4-11-24)34-29(32(39)40)22-23-17-19-25(20-18-23)36-44(42,43)26-12-5-2-6-13-26/h1-8,10-15,17-20,29-30,36H,9,16,21-22H2,(H,34,38)(H,35,41)(H,39,40)/t29-,30?/m0/s1. The number of para-hydroxylation sites is 1. The van der Waals surface area contributed by atoms with Crippen LogP contribution >= 0.6 is 0 Å². The van der Waals surface area contributed by atoms with Crippen LogP contribution in [0.1, 0.15) is 18.4 Å². The molecule has 0 saturated carbocycles. The number of carbonyl (C=O) groups excluding carboxylic acids is 2. The number of hydrogen-bond donors (Lipinski definition) is 4. The molecule has 226 valence electrons. The first-order chi connectivity index (χ1) is 21.2. The van der Waals surface area contributed by atoms with E-state index in [1.165, 1.54) is 29.2 Å². The van der Waals surface area contributed by atoms with Gasteiger partial charge in [0, 0.05) is 24.2 Å². The first-order valence-electron chi connectivity index (χ1n) is 14.1. The lowest BCUT2D eigenvalue weighted by atomic mass is 10.0. The Morgan fingerprint density at radius 1 is 0.841 bits per heavy atom. The van der Waals surface area contributed by atoms with Crippen LogP contribution in [0.3, 0.4) is 0 Å². The number of rotatable bonds is 10. The smallest absolute Gasteiger partial charge is 0.326 e. The Morgan fingerprint density at radius 2 is 1.48 bits per heavy atom. The number of carbonyl (C=O) groups is 3. The van der Waals surface area contributed by atoms with Crippen molar-refractivity contribution in [1.82, 2.24) is 10.2 Å². The first kappa shape index (κ1) is 30.3. The third-order valence-corrected chi connectivity index (χ3v) is 8.78. The molecule has 1 fully saturated rings. The van der Waals surface area contributed by atoms with Crippen molar-refractivity contribution < 1.29 is 27.9 Å². The fourth-order valence-corrected chi connectivity index (χ4v) is 6.24. The van der Waals surface area contributed by atoms with Gasteiger partial charge in [0.05, 0.1) is 10.6 Å². The number of urea groups is 1. The van der Waals surface area contributed by atoms with Crippen LogP contribution in [0.4, 0.5) is 16.2 Å². The second-order valence-corrected chi connectivity index (χ2v) is 12.1. The van der Waals surface area contributed by atoms with Gasteiger partial charge in [-0.2, -0.15) is 0 Å². The van der Waals surface area contributed by atoms with E-state index in [1.54, 1.807) is 36.4 Å². The summed E-state index contributed by atoms with van der Waals surface area (Å²) in [7, 11) is -3.78.